The topological polar surface area (TPSA) is 227 Å². The van der Waals surface area contributed by atoms with Crippen LogP contribution in [0, 0.1) is 45.3 Å². The lowest BCUT2D eigenvalue weighted by Gasteiger charge is -2.65. The zero-order chi connectivity index (χ0) is 38.3. The van der Waals surface area contributed by atoms with Crippen molar-refractivity contribution in [2.45, 2.75) is 129 Å². The minimum absolute atomic E-state index is 0.0658. The van der Waals surface area contributed by atoms with Crippen molar-refractivity contribution >= 4 is 23.7 Å². The Labute approximate surface area is 303 Å². The van der Waals surface area contributed by atoms with E-state index in [-0.39, 0.29) is 50.4 Å². The van der Waals surface area contributed by atoms with Gasteiger partial charge < -0.3 is 49.6 Å². The average Bonchev–Trinajstić information content (AvgIpc) is 3.52. The zero-order valence-corrected chi connectivity index (χ0v) is 30.7. The van der Waals surface area contributed by atoms with Crippen molar-refractivity contribution in [3.8, 4) is 0 Å². The van der Waals surface area contributed by atoms with Gasteiger partial charge in [-0.2, -0.15) is 0 Å². The highest BCUT2D eigenvalue weighted by Gasteiger charge is 2.76. The van der Waals surface area contributed by atoms with Crippen molar-refractivity contribution in [1.29, 1.82) is 0 Å². The van der Waals surface area contributed by atoms with E-state index in [2.05, 4.69) is 0 Å². The highest BCUT2D eigenvalue weighted by atomic mass is 16.7. The molecule has 16 atom stereocenters. The zero-order valence-electron chi connectivity index (χ0n) is 30.7. The van der Waals surface area contributed by atoms with Gasteiger partial charge in [0.2, 0.25) is 6.29 Å². The molecule has 0 amide bonds. The SMILES string of the molecule is CC(=O)O[C@@H]1CC[C@]2(C)C3C[C@H](O)[C@@]4(C)[C@H]5[C@H](C[C@]4(CO)C3=CCC2[C@]1(C)C(=O)O[C@H]1O[C@@H](CO)[C@H](O)[C@@H](O)[C@@H]1O)OC(=O)[C@@H]5CC(=O)C=C(C)C. The highest BCUT2D eigenvalue weighted by molar-refractivity contribution is 5.93. The fraction of sp³-hybridized carbons (Fsp3) is 0.789. The van der Waals surface area contributed by atoms with E-state index in [1.807, 2.05) is 19.9 Å². The van der Waals surface area contributed by atoms with Crippen LogP contribution in [0.2, 0.25) is 0 Å². The van der Waals surface area contributed by atoms with Gasteiger partial charge in [-0.1, -0.05) is 31.1 Å². The van der Waals surface area contributed by atoms with Crippen LogP contribution in [0.3, 0.4) is 0 Å². The van der Waals surface area contributed by atoms with Gasteiger partial charge in [0.25, 0.3) is 0 Å². The van der Waals surface area contributed by atoms with Gasteiger partial charge in [0.15, 0.2) is 5.78 Å². The Morgan fingerprint density at radius 3 is 2.31 bits per heavy atom. The van der Waals surface area contributed by atoms with Crippen LogP contribution in [-0.4, -0.2) is 117 Å². The predicted octanol–water partition coefficient (Wildman–Crippen LogP) is 0.867. The van der Waals surface area contributed by atoms with Crippen molar-refractivity contribution in [2.75, 3.05) is 13.2 Å². The first-order valence-corrected chi connectivity index (χ1v) is 18.4. The summed E-state index contributed by atoms with van der Waals surface area (Å²) in [6, 6.07) is 0. The second kappa shape index (κ2) is 13.5. The van der Waals surface area contributed by atoms with Gasteiger partial charge in [-0.25, -0.2) is 0 Å². The van der Waals surface area contributed by atoms with Crippen LogP contribution < -0.4 is 0 Å². The maximum Gasteiger partial charge on any atom is 0.318 e. The first kappa shape index (κ1) is 39.0. The minimum Gasteiger partial charge on any atom is -0.462 e. The number of carbonyl (C=O) groups excluding carboxylic acids is 4. The van der Waals surface area contributed by atoms with Gasteiger partial charge in [-0.15, -0.1) is 0 Å². The molecule has 6 aliphatic rings. The van der Waals surface area contributed by atoms with Crippen LogP contribution in [0.15, 0.2) is 23.3 Å². The molecule has 290 valence electrons. The molecular weight excluding hydrogens is 680 g/mol. The van der Waals surface area contributed by atoms with Crippen LogP contribution in [0.4, 0.5) is 0 Å². The number of carbonyl (C=O) groups is 4. The monoisotopic (exact) mass is 734 g/mol. The summed E-state index contributed by atoms with van der Waals surface area (Å²) in [5, 5.41) is 64.7. The molecule has 2 unspecified atom stereocenters. The number of aliphatic hydroxyl groups excluding tert-OH is 6. The Morgan fingerprint density at radius 2 is 1.69 bits per heavy atom. The third kappa shape index (κ3) is 5.53. The molecule has 0 aromatic rings. The van der Waals surface area contributed by atoms with E-state index in [4.69, 9.17) is 18.9 Å². The number of aliphatic hydroxyl groups is 6. The summed E-state index contributed by atoms with van der Waals surface area (Å²) in [6.45, 7) is 9.33. The molecule has 52 heavy (non-hydrogen) atoms. The van der Waals surface area contributed by atoms with Crippen LogP contribution in [-0.2, 0) is 38.1 Å². The normalized spacial score (nSPS) is 47.8. The third-order valence-corrected chi connectivity index (χ3v) is 14.2. The van der Waals surface area contributed by atoms with Crippen LogP contribution >= 0.6 is 0 Å². The molecule has 2 saturated heterocycles. The van der Waals surface area contributed by atoms with Crippen molar-refractivity contribution in [1.82, 2.24) is 0 Å². The number of esters is 3. The summed E-state index contributed by atoms with van der Waals surface area (Å²) < 4.78 is 22.9. The van der Waals surface area contributed by atoms with E-state index >= 15 is 0 Å². The molecule has 3 saturated carbocycles. The minimum atomic E-state index is -1.84. The Morgan fingerprint density at radius 1 is 1.00 bits per heavy atom. The van der Waals surface area contributed by atoms with Gasteiger partial charge in [0.05, 0.1) is 25.2 Å². The molecule has 6 N–H and O–H groups in total. The maximum absolute atomic E-state index is 14.4. The summed E-state index contributed by atoms with van der Waals surface area (Å²) in [5.41, 5.74) is -2.57. The third-order valence-electron chi connectivity index (χ3n) is 14.2. The second-order valence-electron chi connectivity index (χ2n) is 17.0. The molecule has 2 heterocycles. The van der Waals surface area contributed by atoms with E-state index in [9.17, 15) is 49.8 Å². The van der Waals surface area contributed by atoms with Gasteiger partial charge in [0, 0.05) is 30.1 Å². The van der Waals surface area contributed by atoms with E-state index in [0.29, 0.717) is 6.42 Å². The number of rotatable bonds is 8. The van der Waals surface area contributed by atoms with Crippen LogP contribution in [0.5, 0.6) is 0 Å². The summed E-state index contributed by atoms with van der Waals surface area (Å²) in [6.07, 6.45) is -5.99. The summed E-state index contributed by atoms with van der Waals surface area (Å²) in [7, 11) is 0. The van der Waals surface area contributed by atoms with Crippen molar-refractivity contribution in [3.63, 3.8) is 0 Å². The van der Waals surface area contributed by atoms with Crippen molar-refractivity contribution < 1.29 is 68.8 Å². The summed E-state index contributed by atoms with van der Waals surface area (Å²) >= 11 is 0. The van der Waals surface area contributed by atoms with Gasteiger partial charge in [0.1, 0.15) is 42.0 Å². The molecule has 0 radical (unpaired) electrons. The average molecular weight is 735 g/mol. The number of allylic oxidation sites excluding steroid dienone is 3. The molecule has 0 spiro atoms. The Bertz CT molecular complexity index is 1530. The lowest BCUT2D eigenvalue weighted by Crippen LogP contribution is -2.66. The largest absolute Gasteiger partial charge is 0.462 e. The number of hydrogen-bond donors (Lipinski definition) is 6. The fourth-order valence-electron chi connectivity index (χ4n) is 11.6. The van der Waals surface area contributed by atoms with Gasteiger partial charge in [-0.3, -0.25) is 19.2 Å². The molecule has 0 aromatic heterocycles. The van der Waals surface area contributed by atoms with Gasteiger partial charge >= 0.3 is 17.9 Å². The van der Waals surface area contributed by atoms with Crippen molar-refractivity contribution in [3.05, 3.63) is 23.3 Å². The van der Waals surface area contributed by atoms with E-state index in [1.54, 1.807) is 20.8 Å². The number of hydrogen-bond acceptors (Lipinski definition) is 14. The highest BCUT2D eigenvalue weighted by Crippen LogP contribution is 2.74. The summed E-state index contributed by atoms with van der Waals surface area (Å²) in [5.74, 6) is -4.39. The molecular formula is C38H54O14. The lowest BCUT2D eigenvalue weighted by molar-refractivity contribution is -0.299. The van der Waals surface area contributed by atoms with E-state index in [0.717, 1.165) is 11.1 Å². The number of fused-ring (bicyclic) bond motifs is 7. The van der Waals surface area contributed by atoms with Gasteiger partial charge in [-0.05, 0) is 76.2 Å². The summed E-state index contributed by atoms with van der Waals surface area (Å²) in [4.78, 5) is 53.0. The predicted molar refractivity (Wildman–Crippen MR) is 179 cm³/mol. The lowest BCUT2D eigenvalue weighted by atomic mass is 9.40. The first-order chi connectivity index (χ1) is 24.3. The van der Waals surface area contributed by atoms with Crippen LogP contribution in [0.1, 0.15) is 80.1 Å². The Kier molecular flexibility index (Phi) is 10.2. The standard InChI is InChI=1S/C38H54O14/c1-17(2)11-19(42)12-20-28-23(50-32(20)47)14-38(16-40)21-7-8-25-35(4,22(21)13-26(43)37(28,38)6)10-9-27(49-18(3)41)36(25,5)34(48)52-33-31(46)30(45)29(44)24(15-39)51-33/h7,11,20,22-31,33,39-40,43-46H,8-10,12-16H2,1-6H3/t20-,22?,23+,24+,25?,26+,27-,28-,29+,30-,31+,33-,35-,36+,37+,38+/m1/s1. The molecule has 0 bridgehead atoms. The number of ketones is 1. The molecule has 14 nitrogen and oxygen atoms in total. The molecule has 14 heteroatoms. The Balaban J connectivity index is 1.38. The second-order valence-corrected chi connectivity index (χ2v) is 17.0. The van der Waals surface area contributed by atoms with Crippen molar-refractivity contribution in [2.24, 2.45) is 45.3 Å². The smallest absolute Gasteiger partial charge is 0.318 e. The quantitative estimate of drug-likeness (QED) is 0.0881. The van der Waals surface area contributed by atoms with Crippen LogP contribution in [0.25, 0.3) is 0 Å². The Hall–Kier alpha value is -2.72. The maximum atomic E-state index is 14.4. The first-order valence-electron chi connectivity index (χ1n) is 18.4. The fourth-order valence-corrected chi connectivity index (χ4v) is 11.6. The molecule has 6 rings (SSSR count). The van der Waals surface area contributed by atoms with E-state index in [1.165, 1.54) is 13.0 Å². The van der Waals surface area contributed by atoms with E-state index < -0.39 is 113 Å². The molecule has 4 aliphatic carbocycles. The molecule has 2 aliphatic heterocycles. The molecule has 5 fully saturated rings. The number of ether oxygens (including phenoxy) is 4. The molecule has 0 aromatic carbocycles.